The molecule has 0 bridgehead atoms. The molecule has 0 aromatic carbocycles. The van der Waals surface area contributed by atoms with Crippen molar-refractivity contribution < 1.29 is 13.2 Å². The predicted molar refractivity (Wildman–Crippen MR) is 72.4 cm³/mol. The molecule has 2 aliphatic rings. The third-order valence-corrected chi connectivity index (χ3v) is 6.19. The number of nitrogens with zero attached hydrogens (tertiary/aromatic N) is 1. The topological polar surface area (TPSA) is 46.6 Å². The molecule has 0 N–H and O–H groups in total. The van der Waals surface area contributed by atoms with E-state index in [1.54, 1.807) is 4.31 Å². The number of hydrogen-bond acceptors (Lipinski definition) is 3. The third-order valence-electron chi connectivity index (χ3n) is 3.84. The Bertz CT molecular complexity index is 354. The summed E-state index contributed by atoms with van der Waals surface area (Å²) in [4.78, 5) is 0. The summed E-state index contributed by atoms with van der Waals surface area (Å²) in [6.07, 6.45) is 5.57. The fourth-order valence-electron chi connectivity index (χ4n) is 2.80. The van der Waals surface area contributed by atoms with Crippen LogP contribution in [-0.4, -0.2) is 50.2 Å². The van der Waals surface area contributed by atoms with Gasteiger partial charge >= 0.3 is 0 Å². The summed E-state index contributed by atoms with van der Waals surface area (Å²) in [6, 6.07) is 0. The summed E-state index contributed by atoms with van der Waals surface area (Å²) in [7, 11) is -3.13. The van der Waals surface area contributed by atoms with Gasteiger partial charge in [-0.2, -0.15) is 4.31 Å². The fourth-order valence-corrected chi connectivity index (χ4v) is 4.87. The lowest BCUT2D eigenvalue weighted by Gasteiger charge is -2.32. The molecule has 106 valence electrons. The smallest absolute Gasteiger partial charge is 0.214 e. The van der Waals surface area contributed by atoms with Gasteiger partial charge in [-0.3, -0.25) is 0 Å². The number of halogens is 1. The van der Waals surface area contributed by atoms with Crippen molar-refractivity contribution in [2.45, 2.75) is 38.2 Å². The summed E-state index contributed by atoms with van der Waals surface area (Å²) in [6.45, 7) is 1.35. The Balaban J connectivity index is 1.92. The highest BCUT2D eigenvalue weighted by Crippen LogP contribution is 2.26. The average Bonchev–Trinajstić information content (AvgIpc) is 2.39. The molecule has 6 heteroatoms. The summed E-state index contributed by atoms with van der Waals surface area (Å²) in [5.41, 5.74) is 0. The van der Waals surface area contributed by atoms with E-state index < -0.39 is 10.0 Å². The largest absolute Gasteiger partial charge is 0.374 e. The lowest BCUT2D eigenvalue weighted by atomic mass is 9.91. The molecule has 0 radical (unpaired) electrons. The average molecular weight is 296 g/mol. The Hall–Kier alpha value is 0.160. The van der Waals surface area contributed by atoms with E-state index in [0.29, 0.717) is 37.2 Å². The lowest BCUT2D eigenvalue weighted by Crippen LogP contribution is -2.47. The highest BCUT2D eigenvalue weighted by molar-refractivity contribution is 7.89. The van der Waals surface area contributed by atoms with Gasteiger partial charge in [-0.1, -0.05) is 19.3 Å². The van der Waals surface area contributed by atoms with E-state index in [9.17, 15) is 8.42 Å². The van der Waals surface area contributed by atoms with Crippen molar-refractivity contribution in [3.05, 3.63) is 0 Å². The first-order valence-electron chi connectivity index (χ1n) is 6.77. The zero-order valence-corrected chi connectivity index (χ0v) is 12.3. The van der Waals surface area contributed by atoms with Gasteiger partial charge < -0.3 is 4.74 Å². The van der Waals surface area contributed by atoms with Gasteiger partial charge in [0, 0.05) is 19.0 Å². The maximum atomic E-state index is 12.3. The Labute approximate surface area is 115 Å². The van der Waals surface area contributed by atoms with E-state index in [1.807, 2.05) is 0 Å². The molecule has 0 amide bonds. The minimum Gasteiger partial charge on any atom is -0.374 e. The minimum atomic E-state index is -3.13. The van der Waals surface area contributed by atoms with Crippen LogP contribution in [0.4, 0.5) is 0 Å². The molecule has 1 aliphatic carbocycles. The van der Waals surface area contributed by atoms with Crippen molar-refractivity contribution in [3.63, 3.8) is 0 Å². The first-order chi connectivity index (χ1) is 8.62. The maximum Gasteiger partial charge on any atom is 0.214 e. The monoisotopic (exact) mass is 295 g/mol. The summed E-state index contributed by atoms with van der Waals surface area (Å²) >= 11 is 5.74. The van der Waals surface area contributed by atoms with E-state index in [2.05, 4.69) is 0 Å². The Kier molecular flexibility index (Phi) is 5.30. The van der Waals surface area contributed by atoms with Crippen LogP contribution in [0.2, 0.25) is 0 Å². The lowest BCUT2D eigenvalue weighted by molar-refractivity contribution is 0.0121. The molecule has 0 spiro atoms. The van der Waals surface area contributed by atoms with Crippen LogP contribution in [0.15, 0.2) is 0 Å². The maximum absolute atomic E-state index is 12.3. The van der Waals surface area contributed by atoms with Gasteiger partial charge in [0.1, 0.15) is 0 Å². The van der Waals surface area contributed by atoms with E-state index in [1.165, 1.54) is 19.3 Å². The Morgan fingerprint density at radius 2 is 1.94 bits per heavy atom. The van der Waals surface area contributed by atoms with Crippen LogP contribution >= 0.6 is 11.6 Å². The number of rotatable bonds is 4. The van der Waals surface area contributed by atoms with E-state index >= 15 is 0 Å². The van der Waals surface area contributed by atoms with Gasteiger partial charge in [0.15, 0.2) is 0 Å². The van der Waals surface area contributed by atoms with Crippen LogP contribution in [0.1, 0.15) is 32.1 Å². The highest BCUT2D eigenvalue weighted by atomic mass is 35.5. The molecule has 2 rings (SSSR count). The van der Waals surface area contributed by atoms with Crippen molar-refractivity contribution in [2.75, 3.05) is 31.3 Å². The van der Waals surface area contributed by atoms with Crippen LogP contribution < -0.4 is 0 Å². The molecule has 18 heavy (non-hydrogen) atoms. The minimum absolute atomic E-state index is 0.151. The molecule has 1 aliphatic heterocycles. The number of ether oxygens (including phenoxy) is 1. The number of morpholine rings is 1. The van der Waals surface area contributed by atoms with Gasteiger partial charge in [0.25, 0.3) is 0 Å². The molecule has 0 aromatic rings. The van der Waals surface area contributed by atoms with Crippen LogP contribution in [0.3, 0.4) is 0 Å². The number of sulfonamides is 1. The number of hydrogen-bond donors (Lipinski definition) is 0. The van der Waals surface area contributed by atoms with Gasteiger partial charge in [-0.25, -0.2) is 8.42 Å². The molecule has 1 saturated carbocycles. The molecule has 1 heterocycles. The molecular formula is C12H22ClNO3S. The Morgan fingerprint density at radius 3 is 2.61 bits per heavy atom. The van der Waals surface area contributed by atoms with Crippen LogP contribution in [0.25, 0.3) is 0 Å². The van der Waals surface area contributed by atoms with E-state index in [4.69, 9.17) is 16.3 Å². The molecular weight excluding hydrogens is 274 g/mol. The van der Waals surface area contributed by atoms with Gasteiger partial charge in [-0.05, 0) is 18.8 Å². The van der Waals surface area contributed by atoms with Crippen molar-refractivity contribution in [3.8, 4) is 0 Å². The second kappa shape index (κ2) is 6.55. The molecule has 1 atom stereocenters. The predicted octanol–water partition coefficient (Wildman–Crippen LogP) is 1.84. The zero-order valence-electron chi connectivity index (χ0n) is 10.7. The zero-order chi connectivity index (χ0) is 13.0. The molecule has 4 nitrogen and oxygen atoms in total. The van der Waals surface area contributed by atoms with Gasteiger partial charge in [0.2, 0.25) is 10.0 Å². The van der Waals surface area contributed by atoms with Gasteiger partial charge in [0.05, 0.1) is 18.5 Å². The van der Waals surface area contributed by atoms with E-state index in [0.717, 1.165) is 12.8 Å². The van der Waals surface area contributed by atoms with E-state index in [-0.39, 0.29) is 6.10 Å². The first kappa shape index (κ1) is 14.6. The molecule has 2 fully saturated rings. The fraction of sp³-hybridized carbons (Fsp3) is 1.00. The summed E-state index contributed by atoms with van der Waals surface area (Å²) in [5.74, 6) is 1.01. The highest BCUT2D eigenvalue weighted by Gasteiger charge is 2.31. The normalized spacial score (nSPS) is 28.4. The summed E-state index contributed by atoms with van der Waals surface area (Å²) in [5, 5.41) is 0. The first-order valence-corrected chi connectivity index (χ1v) is 8.91. The van der Waals surface area contributed by atoms with Gasteiger partial charge in [-0.15, -0.1) is 11.6 Å². The van der Waals surface area contributed by atoms with Crippen molar-refractivity contribution in [2.24, 2.45) is 5.92 Å². The second-order valence-corrected chi connectivity index (χ2v) is 7.61. The van der Waals surface area contributed by atoms with Crippen LogP contribution in [-0.2, 0) is 14.8 Å². The molecule has 0 aromatic heterocycles. The van der Waals surface area contributed by atoms with Crippen LogP contribution in [0.5, 0.6) is 0 Å². The standard InChI is InChI=1S/C12H22ClNO3S/c13-8-12-9-14(6-7-17-12)18(15,16)10-11-4-2-1-3-5-11/h11-12H,1-10H2. The Morgan fingerprint density at radius 1 is 1.22 bits per heavy atom. The second-order valence-electron chi connectivity index (χ2n) is 5.29. The van der Waals surface area contributed by atoms with Crippen LogP contribution in [0, 0.1) is 5.92 Å². The molecule has 1 saturated heterocycles. The van der Waals surface area contributed by atoms with Crippen molar-refractivity contribution in [1.29, 1.82) is 0 Å². The van der Waals surface area contributed by atoms with Crippen molar-refractivity contribution >= 4 is 21.6 Å². The van der Waals surface area contributed by atoms with Crippen molar-refractivity contribution in [1.82, 2.24) is 4.31 Å². The SMILES string of the molecule is O=S(=O)(CC1CCCCC1)N1CCOC(CCl)C1. The summed E-state index contributed by atoms with van der Waals surface area (Å²) < 4.78 is 31.7. The third kappa shape index (κ3) is 3.83. The number of alkyl halides is 1. The molecule has 1 unspecified atom stereocenters. The quantitative estimate of drug-likeness (QED) is 0.744.